The van der Waals surface area contributed by atoms with Crippen LogP contribution in [0.1, 0.15) is 45.2 Å². The second-order valence-corrected chi connectivity index (χ2v) is 7.63. The van der Waals surface area contributed by atoms with E-state index in [0.717, 1.165) is 6.42 Å². The molecule has 0 aromatic heterocycles. The van der Waals surface area contributed by atoms with Gasteiger partial charge in [-0.1, -0.05) is 45.0 Å². The van der Waals surface area contributed by atoms with Crippen LogP contribution in [-0.2, 0) is 16.6 Å². The van der Waals surface area contributed by atoms with Gasteiger partial charge in [-0.05, 0) is 30.9 Å². The largest absolute Gasteiger partial charge is 0.481 e. The summed E-state index contributed by atoms with van der Waals surface area (Å²) in [5, 5.41) is 12.2. The maximum atomic E-state index is 12.4. The average Bonchev–Trinajstić information content (AvgIpc) is 2.97. The Labute approximate surface area is 144 Å². The summed E-state index contributed by atoms with van der Waals surface area (Å²) in [5.74, 6) is -0.839. The van der Waals surface area contributed by atoms with Crippen LogP contribution in [-0.4, -0.2) is 41.6 Å². The Morgan fingerprint density at radius 3 is 2.42 bits per heavy atom. The fourth-order valence-electron chi connectivity index (χ4n) is 3.01. The van der Waals surface area contributed by atoms with Gasteiger partial charge in [0, 0.05) is 25.0 Å². The van der Waals surface area contributed by atoms with E-state index in [1.54, 1.807) is 11.8 Å². The van der Waals surface area contributed by atoms with Gasteiger partial charge in [-0.25, -0.2) is 4.79 Å². The van der Waals surface area contributed by atoms with E-state index in [-0.39, 0.29) is 18.0 Å². The number of hydrogen-bond acceptors (Lipinski definition) is 2. The molecule has 0 aliphatic carbocycles. The molecule has 2 amide bonds. The number of hydrogen-bond donors (Lipinski definition) is 2. The molecule has 24 heavy (non-hydrogen) atoms. The van der Waals surface area contributed by atoms with Gasteiger partial charge in [-0.2, -0.15) is 0 Å². The minimum atomic E-state index is -0.839. The van der Waals surface area contributed by atoms with Crippen molar-refractivity contribution in [3.05, 3.63) is 35.4 Å². The third-order valence-corrected chi connectivity index (χ3v) is 5.10. The molecule has 0 saturated carbocycles. The number of rotatable bonds is 5. The third kappa shape index (κ3) is 3.89. The first kappa shape index (κ1) is 18.3. The summed E-state index contributed by atoms with van der Waals surface area (Å²) in [6, 6.07) is 8.29. The quantitative estimate of drug-likeness (QED) is 0.871. The number of carbonyl (C=O) groups is 2. The van der Waals surface area contributed by atoms with Crippen LogP contribution >= 0.6 is 0 Å². The van der Waals surface area contributed by atoms with E-state index < -0.39 is 11.4 Å². The molecule has 0 spiro atoms. The van der Waals surface area contributed by atoms with Crippen LogP contribution in [0.15, 0.2) is 24.3 Å². The molecule has 2 rings (SSSR count). The Morgan fingerprint density at radius 1 is 1.29 bits per heavy atom. The Balaban J connectivity index is 1.94. The molecule has 0 radical (unpaired) electrons. The topological polar surface area (TPSA) is 69.6 Å². The highest BCUT2D eigenvalue weighted by Crippen LogP contribution is 2.30. The molecule has 1 unspecified atom stereocenters. The van der Waals surface area contributed by atoms with E-state index >= 15 is 0 Å². The SMILES string of the molecule is CCc1ccc(C(C)(C)CNC(=O)N2CCC(C)(C(=O)O)C2)cc1. The van der Waals surface area contributed by atoms with Crippen molar-refractivity contribution in [3.63, 3.8) is 0 Å². The Morgan fingerprint density at radius 2 is 1.92 bits per heavy atom. The number of aliphatic carboxylic acids is 1. The van der Waals surface area contributed by atoms with Crippen molar-refractivity contribution in [2.45, 2.75) is 46.0 Å². The van der Waals surface area contributed by atoms with Gasteiger partial charge in [0.25, 0.3) is 0 Å². The number of benzene rings is 1. The summed E-state index contributed by atoms with van der Waals surface area (Å²) < 4.78 is 0. The fraction of sp³-hybridized carbons (Fsp3) is 0.579. The minimum absolute atomic E-state index is 0.182. The van der Waals surface area contributed by atoms with Crippen LogP contribution < -0.4 is 5.32 Å². The van der Waals surface area contributed by atoms with Crippen LogP contribution in [0.2, 0.25) is 0 Å². The highest BCUT2D eigenvalue weighted by molar-refractivity contribution is 5.79. The lowest BCUT2D eigenvalue weighted by Crippen LogP contribution is -2.45. The van der Waals surface area contributed by atoms with E-state index in [1.165, 1.54) is 11.1 Å². The lowest BCUT2D eigenvalue weighted by Gasteiger charge is -2.28. The summed E-state index contributed by atoms with van der Waals surface area (Å²) in [6.07, 6.45) is 1.51. The molecule has 1 aliphatic rings. The first-order chi connectivity index (χ1) is 11.2. The Bertz CT molecular complexity index is 610. The fourth-order valence-corrected chi connectivity index (χ4v) is 3.01. The summed E-state index contributed by atoms with van der Waals surface area (Å²) in [5.41, 5.74) is 1.46. The first-order valence-corrected chi connectivity index (χ1v) is 8.53. The maximum absolute atomic E-state index is 12.4. The number of aryl methyl sites for hydroxylation is 1. The Hall–Kier alpha value is -2.04. The van der Waals surface area contributed by atoms with Crippen molar-refractivity contribution in [1.82, 2.24) is 10.2 Å². The molecule has 0 bridgehead atoms. The smallest absolute Gasteiger partial charge is 0.317 e. The third-order valence-electron chi connectivity index (χ3n) is 5.10. The van der Waals surface area contributed by atoms with E-state index in [0.29, 0.717) is 19.5 Å². The number of nitrogens with zero attached hydrogens (tertiary/aromatic N) is 1. The predicted octanol–water partition coefficient (Wildman–Crippen LogP) is 3.03. The van der Waals surface area contributed by atoms with Gasteiger partial charge >= 0.3 is 12.0 Å². The normalized spacial score (nSPS) is 20.9. The van der Waals surface area contributed by atoms with Gasteiger partial charge in [0.05, 0.1) is 5.41 Å². The zero-order valence-corrected chi connectivity index (χ0v) is 15.1. The van der Waals surface area contributed by atoms with E-state index in [4.69, 9.17) is 0 Å². The molecular weight excluding hydrogens is 304 g/mol. The van der Waals surface area contributed by atoms with Gasteiger partial charge in [0.1, 0.15) is 0 Å². The first-order valence-electron chi connectivity index (χ1n) is 8.53. The second kappa shape index (κ2) is 6.83. The maximum Gasteiger partial charge on any atom is 0.317 e. The molecular formula is C19H28N2O3. The van der Waals surface area contributed by atoms with Gasteiger partial charge < -0.3 is 15.3 Å². The molecule has 1 saturated heterocycles. The van der Waals surface area contributed by atoms with E-state index in [2.05, 4.69) is 50.4 Å². The van der Waals surface area contributed by atoms with Gasteiger partial charge in [0.15, 0.2) is 0 Å². The Kier molecular flexibility index (Phi) is 5.21. The monoisotopic (exact) mass is 332 g/mol. The van der Waals surface area contributed by atoms with Crippen LogP contribution in [0.5, 0.6) is 0 Å². The second-order valence-electron chi connectivity index (χ2n) is 7.63. The van der Waals surface area contributed by atoms with Crippen molar-refractivity contribution >= 4 is 12.0 Å². The lowest BCUT2D eigenvalue weighted by molar-refractivity contribution is -0.147. The molecule has 1 aromatic rings. The van der Waals surface area contributed by atoms with Crippen LogP contribution in [0.25, 0.3) is 0 Å². The standard InChI is InChI=1S/C19H28N2O3/c1-5-14-6-8-15(9-7-14)18(2,3)12-20-17(24)21-11-10-19(4,13-21)16(22)23/h6-9H,5,10-13H2,1-4H3,(H,20,24)(H,22,23). The van der Waals surface area contributed by atoms with Crippen LogP contribution in [0.4, 0.5) is 4.79 Å². The number of carbonyl (C=O) groups excluding carboxylic acids is 1. The highest BCUT2D eigenvalue weighted by Gasteiger charge is 2.42. The number of urea groups is 1. The molecule has 1 aliphatic heterocycles. The lowest BCUT2D eigenvalue weighted by atomic mass is 9.84. The van der Waals surface area contributed by atoms with Crippen LogP contribution in [0, 0.1) is 5.41 Å². The number of carboxylic acids is 1. The molecule has 1 atom stereocenters. The van der Waals surface area contributed by atoms with Crippen LogP contribution in [0.3, 0.4) is 0 Å². The summed E-state index contributed by atoms with van der Waals surface area (Å²) in [6.45, 7) is 9.28. The van der Waals surface area contributed by atoms with Crippen molar-refractivity contribution in [2.75, 3.05) is 19.6 Å². The molecule has 1 heterocycles. The zero-order chi connectivity index (χ0) is 18.0. The predicted molar refractivity (Wildman–Crippen MR) is 94.2 cm³/mol. The van der Waals surface area contributed by atoms with Crippen molar-refractivity contribution in [1.29, 1.82) is 0 Å². The number of carboxylic acid groups (broad SMARTS) is 1. The average molecular weight is 332 g/mol. The van der Waals surface area contributed by atoms with Gasteiger partial charge in [0.2, 0.25) is 0 Å². The molecule has 2 N–H and O–H groups in total. The molecule has 5 nitrogen and oxygen atoms in total. The number of amides is 2. The van der Waals surface area contributed by atoms with Crippen molar-refractivity contribution < 1.29 is 14.7 Å². The zero-order valence-electron chi connectivity index (χ0n) is 15.1. The number of nitrogens with one attached hydrogen (secondary N) is 1. The molecule has 132 valence electrons. The molecule has 5 heteroatoms. The summed E-state index contributed by atoms with van der Waals surface area (Å²) in [7, 11) is 0. The summed E-state index contributed by atoms with van der Waals surface area (Å²) in [4.78, 5) is 25.2. The highest BCUT2D eigenvalue weighted by atomic mass is 16.4. The minimum Gasteiger partial charge on any atom is -0.481 e. The van der Waals surface area contributed by atoms with E-state index in [1.807, 2.05) is 0 Å². The van der Waals surface area contributed by atoms with Gasteiger partial charge in [-0.15, -0.1) is 0 Å². The molecule has 1 fully saturated rings. The number of likely N-dealkylation sites (tertiary alicyclic amines) is 1. The van der Waals surface area contributed by atoms with Crippen molar-refractivity contribution in [3.8, 4) is 0 Å². The van der Waals surface area contributed by atoms with Crippen molar-refractivity contribution in [2.24, 2.45) is 5.41 Å². The van der Waals surface area contributed by atoms with E-state index in [9.17, 15) is 14.7 Å². The molecule has 1 aromatic carbocycles. The van der Waals surface area contributed by atoms with Gasteiger partial charge in [-0.3, -0.25) is 4.79 Å². The summed E-state index contributed by atoms with van der Waals surface area (Å²) >= 11 is 0.